The molecule has 20 heavy (non-hydrogen) atoms. The number of rotatable bonds is 8. The van der Waals surface area contributed by atoms with E-state index in [2.05, 4.69) is 0 Å². The van der Waals surface area contributed by atoms with Crippen LogP contribution in [0.15, 0.2) is 30.3 Å². The van der Waals surface area contributed by atoms with Crippen molar-refractivity contribution in [2.75, 3.05) is 19.0 Å². The molecule has 1 aromatic rings. The fraction of sp³-hybridized carbons (Fsp3) is 0.467. The molecule has 0 aliphatic carbocycles. The summed E-state index contributed by atoms with van der Waals surface area (Å²) in [6, 6.07) is 9.68. The van der Waals surface area contributed by atoms with Crippen LogP contribution in [-0.2, 0) is 25.5 Å². The van der Waals surface area contributed by atoms with E-state index in [9.17, 15) is 9.59 Å². The van der Waals surface area contributed by atoms with E-state index in [1.54, 1.807) is 13.8 Å². The van der Waals surface area contributed by atoms with Gasteiger partial charge in [-0.05, 0) is 25.8 Å². The lowest BCUT2D eigenvalue weighted by Crippen LogP contribution is -2.24. The van der Waals surface area contributed by atoms with Gasteiger partial charge in [0, 0.05) is 0 Å². The molecule has 0 bridgehead atoms. The highest BCUT2D eigenvalue weighted by Gasteiger charge is 2.22. The summed E-state index contributed by atoms with van der Waals surface area (Å²) in [4.78, 5) is 23.3. The zero-order chi connectivity index (χ0) is 14.8. The second-order valence-electron chi connectivity index (χ2n) is 4.05. The van der Waals surface area contributed by atoms with E-state index in [-0.39, 0.29) is 22.9 Å². The van der Waals surface area contributed by atoms with Gasteiger partial charge in [-0.2, -0.15) is 0 Å². The van der Waals surface area contributed by atoms with Crippen molar-refractivity contribution in [2.24, 2.45) is 0 Å². The highest BCUT2D eigenvalue weighted by Crippen LogP contribution is 2.18. The number of benzene rings is 1. The molecule has 0 amide bonds. The first kappa shape index (κ1) is 16.6. The topological polar surface area (TPSA) is 52.6 Å². The van der Waals surface area contributed by atoms with Crippen LogP contribution >= 0.6 is 11.8 Å². The minimum atomic E-state index is -0.387. The standard InChI is InChI=1S/C15H20O4S/c1-3-18-14(16)11-20-13(15(17)19-4-2)10-12-8-6-5-7-9-12/h5-9,13H,3-4,10-11H2,1-2H3/t13-/m0/s1. The number of hydrogen-bond donors (Lipinski definition) is 0. The quantitative estimate of drug-likeness (QED) is 0.690. The molecule has 0 aliphatic heterocycles. The number of hydrogen-bond acceptors (Lipinski definition) is 5. The van der Waals surface area contributed by atoms with Crippen LogP contribution < -0.4 is 0 Å². The summed E-state index contributed by atoms with van der Waals surface area (Å²) in [6.45, 7) is 4.22. The Morgan fingerprint density at radius 1 is 1.10 bits per heavy atom. The van der Waals surface area contributed by atoms with Gasteiger partial charge in [-0.15, -0.1) is 11.8 Å². The minimum absolute atomic E-state index is 0.157. The minimum Gasteiger partial charge on any atom is -0.465 e. The number of carbonyl (C=O) groups is 2. The lowest BCUT2D eigenvalue weighted by Gasteiger charge is -2.15. The zero-order valence-corrected chi connectivity index (χ0v) is 12.7. The smallest absolute Gasteiger partial charge is 0.319 e. The SMILES string of the molecule is CCOC(=O)CS[C@@H](Cc1ccccc1)C(=O)OCC. The molecule has 0 saturated carbocycles. The highest BCUT2D eigenvalue weighted by atomic mass is 32.2. The first-order valence-electron chi connectivity index (χ1n) is 6.65. The molecule has 0 N–H and O–H groups in total. The third-order valence-corrected chi connectivity index (χ3v) is 3.68. The average molecular weight is 296 g/mol. The lowest BCUT2D eigenvalue weighted by molar-refractivity contribution is -0.142. The van der Waals surface area contributed by atoms with Crippen LogP contribution in [0.4, 0.5) is 0 Å². The molecule has 0 spiro atoms. The van der Waals surface area contributed by atoms with E-state index in [0.29, 0.717) is 19.6 Å². The molecule has 1 atom stereocenters. The van der Waals surface area contributed by atoms with Crippen LogP contribution in [0.3, 0.4) is 0 Å². The van der Waals surface area contributed by atoms with Gasteiger partial charge in [-0.3, -0.25) is 9.59 Å². The van der Waals surface area contributed by atoms with Gasteiger partial charge < -0.3 is 9.47 Å². The second-order valence-corrected chi connectivity index (χ2v) is 5.24. The van der Waals surface area contributed by atoms with Crippen molar-refractivity contribution in [3.8, 4) is 0 Å². The Bertz CT molecular complexity index is 419. The van der Waals surface area contributed by atoms with Gasteiger partial charge in [0.1, 0.15) is 5.25 Å². The van der Waals surface area contributed by atoms with Crippen LogP contribution in [-0.4, -0.2) is 36.2 Å². The van der Waals surface area contributed by atoms with Gasteiger partial charge in [0.15, 0.2) is 0 Å². The summed E-state index contributed by atoms with van der Waals surface area (Å²) >= 11 is 1.26. The van der Waals surface area contributed by atoms with Crippen molar-refractivity contribution in [3.05, 3.63) is 35.9 Å². The van der Waals surface area contributed by atoms with Gasteiger partial charge in [0.25, 0.3) is 0 Å². The number of ether oxygens (including phenoxy) is 2. The van der Waals surface area contributed by atoms with Crippen molar-refractivity contribution in [1.29, 1.82) is 0 Å². The maximum Gasteiger partial charge on any atom is 0.319 e. The molecular formula is C15H20O4S. The zero-order valence-electron chi connectivity index (χ0n) is 11.8. The summed E-state index contributed by atoms with van der Waals surface area (Å²) in [5.74, 6) is -0.435. The van der Waals surface area contributed by atoms with Gasteiger partial charge >= 0.3 is 11.9 Å². The predicted molar refractivity (Wildman–Crippen MR) is 79.7 cm³/mol. The molecule has 0 saturated heterocycles. The first-order valence-corrected chi connectivity index (χ1v) is 7.70. The molecule has 0 unspecified atom stereocenters. The Morgan fingerprint density at radius 2 is 1.75 bits per heavy atom. The fourth-order valence-corrected chi connectivity index (χ4v) is 2.58. The third-order valence-electron chi connectivity index (χ3n) is 2.52. The van der Waals surface area contributed by atoms with Gasteiger partial charge in [-0.25, -0.2) is 0 Å². The lowest BCUT2D eigenvalue weighted by atomic mass is 10.1. The summed E-state index contributed by atoms with van der Waals surface area (Å²) in [6.07, 6.45) is 0.545. The molecule has 4 nitrogen and oxygen atoms in total. The van der Waals surface area contributed by atoms with Crippen molar-refractivity contribution in [1.82, 2.24) is 0 Å². The molecule has 1 aromatic carbocycles. The van der Waals surface area contributed by atoms with Crippen molar-refractivity contribution in [3.63, 3.8) is 0 Å². The van der Waals surface area contributed by atoms with E-state index < -0.39 is 0 Å². The number of esters is 2. The number of thioether (sulfide) groups is 1. The molecule has 0 aromatic heterocycles. The van der Waals surface area contributed by atoms with Crippen LogP contribution in [0.1, 0.15) is 19.4 Å². The van der Waals surface area contributed by atoms with Crippen LogP contribution in [0.25, 0.3) is 0 Å². The Morgan fingerprint density at radius 3 is 2.35 bits per heavy atom. The second kappa shape index (κ2) is 9.42. The predicted octanol–water partition coefficient (Wildman–Crippen LogP) is 2.46. The summed E-state index contributed by atoms with van der Waals surface area (Å²) in [7, 11) is 0. The molecule has 1 rings (SSSR count). The molecule has 5 heteroatoms. The van der Waals surface area contributed by atoms with E-state index in [0.717, 1.165) is 5.56 Å². The van der Waals surface area contributed by atoms with E-state index in [1.807, 2.05) is 30.3 Å². The highest BCUT2D eigenvalue weighted by molar-refractivity contribution is 8.01. The normalized spacial score (nSPS) is 11.7. The Labute approximate surface area is 123 Å². The molecule has 0 fully saturated rings. The monoisotopic (exact) mass is 296 g/mol. The van der Waals surface area contributed by atoms with Crippen LogP contribution in [0.5, 0.6) is 0 Å². The third kappa shape index (κ3) is 6.10. The maximum atomic E-state index is 11.9. The molecule has 0 heterocycles. The first-order chi connectivity index (χ1) is 9.67. The molecular weight excluding hydrogens is 276 g/mol. The van der Waals surface area contributed by atoms with E-state index in [4.69, 9.17) is 9.47 Å². The Kier molecular flexibility index (Phi) is 7.80. The summed E-state index contributed by atoms with van der Waals surface area (Å²) < 4.78 is 9.93. The number of carbonyl (C=O) groups excluding carboxylic acids is 2. The molecule has 0 radical (unpaired) electrons. The van der Waals surface area contributed by atoms with E-state index >= 15 is 0 Å². The molecule has 0 aliphatic rings. The van der Waals surface area contributed by atoms with Crippen LogP contribution in [0, 0.1) is 0 Å². The van der Waals surface area contributed by atoms with Crippen LogP contribution in [0.2, 0.25) is 0 Å². The Hall–Kier alpha value is -1.49. The van der Waals surface area contributed by atoms with Gasteiger partial charge in [0.2, 0.25) is 0 Å². The van der Waals surface area contributed by atoms with Gasteiger partial charge in [0.05, 0.1) is 19.0 Å². The van der Waals surface area contributed by atoms with Crippen molar-refractivity contribution in [2.45, 2.75) is 25.5 Å². The molecule has 110 valence electrons. The fourth-order valence-electron chi connectivity index (χ4n) is 1.64. The van der Waals surface area contributed by atoms with Crippen molar-refractivity contribution < 1.29 is 19.1 Å². The van der Waals surface area contributed by atoms with Gasteiger partial charge in [-0.1, -0.05) is 30.3 Å². The maximum absolute atomic E-state index is 11.9. The largest absolute Gasteiger partial charge is 0.465 e. The van der Waals surface area contributed by atoms with Crippen molar-refractivity contribution >= 4 is 23.7 Å². The summed E-state index contributed by atoms with van der Waals surface area (Å²) in [5, 5.41) is -0.387. The average Bonchev–Trinajstić information content (AvgIpc) is 2.45. The Balaban J connectivity index is 2.60. The van der Waals surface area contributed by atoms with E-state index in [1.165, 1.54) is 11.8 Å². The summed E-state index contributed by atoms with van der Waals surface area (Å²) in [5.41, 5.74) is 1.04.